The number of hydrogen-bond donors (Lipinski definition) is 1. The van der Waals surface area contributed by atoms with Gasteiger partial charge in [-0.25, -0.2) is 0 Å². The number of ether oxygens (including phenoxy) is 1. The van der Waals surface area contributed by atoms with Gasteiger partial charge in [0.2, 0.25) is 0 Å². The predicted octanol–water partition coefficient (Wildman–Crippen LogP) is 3.59. The van der Waals surface area contributed by atoms with Crippen molar-refractivity contribution >= 4 is 21.8 Å². The Morgan fingerprint density at radius 3 is 2.71 bits per heavy atom. The molecule has 24 heavy (non-hydrogen) atoms. The first kappa shape index (κ1) is 17.0. The van der Waals surface area contributed by atoms with Gasteiger partial charge in [-0.3, -0.25) is 4.79 Å². The molecule has 3 rings (SSSR count). The molecule has 2 aromatic rings. The summed E-state index contributed by atoms with van der Waals surface area (Å²) >= 11 is 3.42. The van der Waals surface area contributed by atoms with E-state index in [0.717, 1.165) is 29.4 Å². The fourth-order valence-corrected chi connectivity index (χ4v) is 3.14. The zero-order chi connectivity index (χ0) is 16.9. The Hall–Kier alpha value is -1.85. The number of nitrogens with zero attached hydrogens (tertiary/aromatic N) is 1. The van der Waals surface area contributed by atoms with E-state index in [1.807, 2.05) is 53.4 Å². The molecule has 5 heteroatoms. The van der Waals surface area contributed by atoms with E-state index in [1.54, 1.807) is 0 Å². The van der Waals surface area contributed by atoms with E-state index in [1.165, 1.54) is 0 Å². The average Bonchev–Trinajstić information content (AvgIpc) is 2.61. The van der Waals surface area contributed by atoms with Gasteiger partial charge in [0.1, 0.15) is 12.4 Å². The fraction of sp³-hybridized carbons (Fsp3) is 0.316. The molecule has 0 radical (unpaired) electrons. The van der Waals surface area contributed by atoms with E-state index in [4.69, 9.17) is 10.5 Å². The van der Waals surface area contributed by atoms with Gasteiger partial charge in [0.05, 0.1) is 5.56 Å². The van der Waals surface area contributed by atoms with E-state index < -0.39 is 0 Å². The van der Waals surface area contributed by atoms with Crippen LogP contribution in [0.1, 0.15) is 28.8 Å². The lowest BCUT2D eigenvalue weighted by molar-refractivity contribution is 0.0704. The highest BCUT2D eigenvalue weighted by molar-refractivity contribution is 9.10. The molecular formula is C19H21BrN2O2. The van der Waals surface area contributed by atoms with Crippen LogP contribution in [-0.4, -0.2) is 29.9 Å². The third-order valence-electron chi connectivity index (χ3n) is 4.17. The van der Waals surface area contributed by atoms with Crippen LogP contribution in [0.25, 0.3) is 0 Å². The lowest BCUT2D eigenvalue weighted by atomic mass is 10.0. The van der Waals surface area contributed by atoms with Crippen molar-refractivity contribution in [1.82, 2.24) is 4.90 Å². The first-order chi connectivity index (χ1) is 11.6. The summed E-state index contributed by atoms with van der Waals surface area (Å²) < 4.78 is 6.94. The Labute approximate surface area is 150 Å². The lowest BCUT2D eigenvalue weighted by Crippen LogP contribution is -2.45. The molecule has 126 valence electrons. The molecule has 1 atom stereocenters. The summed E-state index contributed by atoms with van der Waals surface area (Å²) in [4.78, 5) is 14.6. The molecule has 1 fully saturated rings. The number of halogens is 1. The largest absolute Gasteiger partial charge is 0.488 e. The summed E-state index contributed by atoms with van der Waals surface area (Å²) in [5.41, 5.74) is 7.65. The van der Waals surface area contributed by atoms with E-state index in [-0.39, 0.29) is 11.9 Å². The number of carbonyl (C=O) groups is 1. The number of piperidine rings is 1. The van der Waals surface area contributed by atoms with Crippen LogP contribution in [0.15, 0.2) is 53.0 Å². The Balaban J connectivity index is 1.72. The Kier molecular flexibility index (Phi) is 5.53. The summed E-state index contributed by atoms with van der Waals surface area (Å²) in [6.45, 7) is 1.80. The number of likely N-dealkylation sites (tertiary alicyclic amines) is 1. The standard InChI is InChI=1S/C19H21BrN2O2/c20-15-9-7-14(8-10-15)13-24-18-6-2-1-5-17(18)19(23)22-11-3-4-16(21)12-22/h1-2,5-10,16H,3-4,11-13,21H2. The molecule has 2 aromatic carbocycles. The first-order valence-electron chi connectivity index (χ1n) is 8.14. The second-order valence-electron chi connectivity index (χ2n) is 6.06. The van der Waals surface area contributed by atoms with Gasteiger partial charge in [0.25, 0.3) is 5.91 Å². The molecule has 1 aliphatic heterocycles. The maximum absolute atomic E-state index is 12.8. The van der Waals surface area contributed by atoms with Crippen molar-refractivity contribution in [2.24, 2.45) is 5.73 Å². The highest BCUT2D eigenvalue weighted by Gasteiger charge is 2.24. The minimum Gasteiger partial charge on any atom is -0.488 e. The monoisotopic (exact) mass is 388 g/mol. The zero-order valence-electron chi connectivity index (χ0n) is 13.5. The summed E-state index contributed by atoms with van der Waals surface area (Å²) in [7, 11) is 0. The number of rotatable bonds is 4. The molecule has 4 nitrogen and oxygen atoms in total. The molecule has 1 amide bonds. The van der Waals surface area contributed by atoms with Crippen LogP contribution in [0.5, 0.6) is 5.75 Å². The fourth-order valence-electron chi connectivity index (χ4n) is 2.88. The minimum absolute atomic E-state index is 0.00319. The Morgan fingerprint density at radius 1 is 1.21 bits per heavy atom. The van der Waals surface area contributed by atoms with Gasteiger partial charge >= 0.3 is 0 Å². The summed E-state index contributed by atoms with van der Waals surface area (Å²) in [5, 5.41) is 0. The molecule has 0 saturated carbocycles. The maximum Gasteiger partial charge on any atom is 0.257 e. The molecule has 1 aliphatic rings. The van der Waals surface area contributed by atoms with Gasteiger partial charge < -0.3 is 15.4 Å². The van der Waals surface area contributed by atoms with Gasteiger partial charge in [-0.1, -0.05) is 40.2 Å². The highest BCUT2D eigenvalue weighted by Crippen LogP contribution is 2.23. The molecule has 0 spiro atoms. The molecule has 1 saturated heterocycles. The molecule has 0 bridgehead atoms. The third-order valence-corrected chi connectivity index (χ3v) is 4.70. The Bertz CT molecular complexity index is 703. The molecule has 0 aliphatic carbocycles. The Morgan fingerprint density at radius 2 is 1.96 bits per heavy atom. The van der Waals surface area contributed by atoms with Crippen LogP contribution >= 0.6 is 15.9 Å². The number of benzene rings is 2. The number of carbonyl (C=O) groups excluding carboxylic acids is 1. The quantitative estimate of drug-likeness (QED) is 0.870. The van der Waals surface area contributed by atoms with Crippen LogP contribution in [-0.2, 0) is 6.61 Å². The maximum atomic E-state index is 12.8. The predicted molar refractivity (Wildman–Crippen MR) is 98.0 cm³/mol. The van der Waals surface area contributed by atoms with Crippen LogP contribution in [0.3, 0.4) is 0 Å². The minimum atomic E-state index is -0.00319. The van der Waals surface area contributed by atoms with Gasteiger partial charge in [-0.05, 0) is 42.7 Å². The van der Waals surface area contributed by atoms with Crippen molar-refractivity contribution in [2.75, 3.05) is 13.1 Å². The van der Waals surface area contributed by atoms with Crippen LogP contribution in [0.4, 0.5) is 0 Å². The number of nitrogens with two attached hydrogens (primary N) is 1. The van der Waals surface area contributed by atoms with Crippen molar-refractivity contribution in [3.05, 3.63) is 64.1 Å². The van der Waals surface area contributed by atoms with E-state index >= 15 is 0 Å². The van der Waals surface area contributed by atoms with Crippen molar-refractivity contribution in [1.29, 1.82) is 0 Å². The van der Waals surface area contributed by atoms with Crippen LogP contribution < -0.4 is 10.5 Å². The molecule has 2 N–H and O–H groups in total. The first-order valence-corrected chi connectivity index (χ1v) is 8.94. The van der Waals surface area contributed by atoms with Gasteiger partial charge in [-0.2, -0.15) is 0 Å². The molecule has 1 unspecified atom stereocenters. The van der Waals surface area contributed by atoms with Gasteiger partial charge in [-0.15, -0.1) is 0 Å². The number of hydrogen-bond acceptors (Lipinski definition) is 3. The lowest BCUT2D eigenvalue weighted by Gasteiger charge is -2.31. The topological polar surface area (TPSA) is 55.6 Å². The second kappa shape index (κ2) is 7.81. The number of amides is 1. The summed E-state index contributed by atoms with van der Waals surface area (Å²) in [6.07, 6.45) is 1.93. The van der Waals surface area contributed by atoms with Crippen LogP contribution in [0.2, 0.25) is 0 Å². The van der Waals surface area contributed by atoms with Crippen molar-refractivity contribution in [2.45, 2.75) is 25.5 Å². The average molecular weight is 389 g/mol. The third kappa shape index (κ3) is 4.16. The van der Waals surface area contributed by atoms with E-state index in [2.05, 4.69) is 15.9 Å². The second-order valence-corrected chi connectivity index (χ2v) is 6.98. The number of para-hydroxylation sites is 1. The summed E-state index contributed by atoms with van der Waals surface area (Å²) in [5.74, 6) is 0.612. The van der Waals surface area contributed by atoms with Crippen molar-refractivity contribution in [3.8, 4) is 5.75 Å². The normalized spacial score (nSPS) is 17.6. The van der Waals surface area contributed by atoms with Crippen molar-refractivity contribution in [3.63, 3.8) is 0 Å². The molecule has 0 aromatic heterocycles. The smallest absolute Gasteiger partial charge is 0.257 e. The summed E-state index contributed by atoms with van der Waals surface area (Å²) in [6, 6.07) is 15.4. The molecular weight excluding hydrogens is 368 g/mol. The van der Waals surface area contributed by atoms with E-state index in [9.17, 15) is 4.79 Å². The van der Waals surface area contributed by atoms with Gasteiger partial charge in [0.15, 0.2) is 0 Å². The SMILES string of the molecule is NC1CCCN(C(=O)c2ccccc2OCc2ccc(Br)cc2)C1. The van der Waals surface area contributed by atoms with Crippen LogP contribution in [0, 0.1) is 0 Å². The highest BCUT2D eigenvalue weighted by atomic mass is 79.9. The molecule has 1 heterocycles. The van der Waals surface area contributed by atoms with Crippen molar-refractivity contribution < 1.29 is 9.53 Å². The van der Waals surface area contributed by atoms with E-state index in [0.29, 0.717) is 24.5 Å². The zero-order valence-corrected chi connectivity index (χ0v) is 15.0. The van der Waals surface area contributed by atoms with Gasteiger partial charge in [0, 0.05) is 23.6 Å².